The molecule has 0 saturated heterocycles. The number of aromatic nitrogens is 2. The van der Waals surface area contributed by atoms with Crippen molar-refractivity contribution in [1.29, 1.82) is 0 Å². The second-order valence-electron chi connectivity index (χ2n) is 5.93. The molecule has 0 fully saturated rings. The van der Waals surface area contributed by atoms with E-state index in [9.17, 15) is 0 Å². The summed E-state index contributed by atoms with van der Waals surface area (Å²) in [6.07, 6.45) is 9.03. The highest BCUT2D eigenvalue weighted by Crippen LogP contribution is 2.34. The minimum atomic E-state index is -0.469. The third-order valence-corrected chi connectivity index (χ3v) is 4.86. The smallest absolute Gasteiger partial charge is 0.139 e. The van der Waals surface area contributed by atoms with Gasteiger partial charge in [-0.2, -0.15) is 5.10 Å². The van der Waals surface area contributed by atoms with Crippen LogP contribution in [0.5, 0.6) is 0 Å². The lowest BCUT2D eigenvalue weighted by atomic mass is 10.2. The zero-order chi connectivity index (χ0) is 13.3. The summed E-state index contributed by atoms with van der Waals surface area (Å²) in [5.74, 6) is 1.15. The number of fused-ring (bicyclic) bond motifs is 1. The Labute approximate surface area is 111 Å². The Bertz CT molecular complexity index is 423. The number of nitrogens with zero attached hydrogens (tertiary/aromatic N) is 2. The van der Waals surface area contributed by atoms with Crippen molar-refractivity contribution in [3.63, 3.8) is 0 Å². The van der Waals surface area contributed by atoms with Gasteiger partial charge in [0.05, 0.1) is 12.3 Å². The number of hydrogen-bond acceptors (Lipinski definition) is 3. The molecule has 1 aliphatic carbocycles. The molecule has 1 aliphatic rings. The van der Waals surface area contributed by atoms with E-state index in [1.54, 1.807) is 0 Å². The molecule has 0 aliphatic heterocycles. The van der Waals surface area contributed by atoms with E-state index in [0.717, 1.165) is 30.9 Å². The maximum Gasteiger partial charge on any atom is 0.139 e. The Morgan fingerprint density at radius 3 is 2.78 bits per heavy atom. The SMILES string of the molecule is Cc1c2c(nn1COCCS(C)(C)C)[C@H](N)CC2. The van der Waals surface area contributed by atoms with E-state index in [-0.39, 0.29) is 6.04 Å². The van der Waals surface area contributed by atoms with Crippen LogP contribution < -0.4 is 5.73 Å². The Balaban J connectivity index is 1.89. The summed E-state index contributed by atoms with van der Waals surface area (Å²) in [6, 6.07) is 0.124. The fourth-order valence-corrected chi connectivity index (χ4v) is 2.85. The molecule has 1 heterocycles. The Morgan fingerprint density at radius 1 is 1.44 bits per heavy atom. The van der Waals surface area contributed by atoms with Gasteiger partial charge in [0.25, 0.3) is 0 Å². The van der Waals surface area contributed by atoms with E-state index in [2.05, 4.69) is 30.8 Å². The molecule has 1 atom stereocenters. The lowest BCUT2D eigenvalue weighted by Gasteiger charge is -2.24. The van der Waals surface area contributed by atoms with Crippen LogP contribution in [0.25, 0.3) is 0 Å². The van der Waals surface area contributed by atoms with Crippen LogP contribution in [-0.4, -0.2) is 40.9 Å². The first-order chi connectivity index (χ1) is 8.38. The molecule has 104 valence electrons. The predicted molar refractivity (Wildman–Crippen MR) is 78.4 cm³/mol. The molecule has 4 nitrogen and oxygen atoms in total. The predicted octanol–water partition coefficient (Wildman–Crippen LogP) is 1.81. The molecule has 0 bridgehead atoms. The maximum atomic E-state index is 6.03. The van der Waals surface area contributed by atoms with E-state index >= 15 is 0 Å². The fourth-order valence-electron chi connectivity index (χ4n) is 2.24. The van der Waals surface area contributed by atoms with Crippen LogP contribution in [0.2, 0.25) is 0 Å². The van der Waals surface area contributed by atoms with Crippen molar-refractivity contribution in [2.45, 2.75) is 32.5 Å². The van der Waals surface area contributed by atoms with Crippen molar-refractivity contribution < 1.29 is 4.74 Å². The van der Waals surface area contributed by atoms with Crippen molar-refractivity contribution in [1.82, 2.24) is 9.78 Å². The molecule has 18 heavy (non-hydrogen) atoms. The number of rotatable bonds is 5. The minimum Gasteiger partial charge on any atom is -0.358 e. The summed E-state index contributed by atoms with van der Waals surface area (Å²) in [4.78, 5) is 0. The molecular formula is C13H25N3OS. The highest BCUT2D eigenvalue weighted by Gasteiger charge is 2.25. The number of hydrogen-bond donors (Lipinski definition) is 1. The molecule has 2 N–H and O–H groups in total. The van der Waals surface area contributed by atoms with Crippen molar-refractivity contribution >= 4 is 10.0 Å². The van der Waals surface area contributed by atoms with Crippen LogP contribution in [0.3, 0.4) is 0 Å². The molecular weight excluding hydrogens is 246 g/mol. The van der Waals surface area contributed by atoms with E-state index in [1.807, 2.05) is 4.68 Å². The van der Waals surface area contributed by atoms with Crippen molar-refractivity contribution in [3.05, 3.63) is 17.0 Å². The highest BCUT2D eigenvalue weighted by atomic mass is 32.3. The van der Waals surface area contributed by atoms with Gasteiger partial charge in [-0.15, -0.1) is 0 Å². The summed E-state index contributed by atoms with van der Waals surface area (Å²) in [5.41, 5.74) is 9.67. The van der Waals surface area contributed by atoms with Gasteiger partial charge in [0, 0.05) is 17.5 Å². The zero-order valence-electron chi connectivity index (χ0n) is 11.9. The second kappa shape index (κ2) is 5.23. The normalized spacial score (nSPS) is 20.2. The van der Waals surface area contributed by atoms with Gasteiger partial charge in [-0.1, -0.05) is 0 Å². The van der Waals surface area contributed by atoms with Crippen LogP contribution in [0.15, 0.2) is 0 Å². The van der Waals surface area contributed by atoms with Crippen molar-refractivity contribution in [2.24, 2.45) is 5.73 Å². The van der Waals surface area contributed by atoms with Crippen LogP contribution in [0, 0.1) is 6.92 Å². The quantitative estimate of drug-likeness (QED) is 0.831. The minimum absolute atomic E-state index is 0.124. The van der Waals surface area contributed by atoms with E-state index in [0.29, 0.717) is 6.73 Å². The molecule has 0 unspecified atom stereocenters. The van der Waals surface area contributed by atoms with Gasteiger partial charge in [-0.25, -0.2) is 14.7 Å². The average Bonchev–Trinajstić information content (AvgIpc) is 2.76. The van der Waals surface area contributed by atoms with Gasteiger partial charge >= 0.3 is 0 Å². The van der Waals surface area contributed by atoms with Crippen LogP contribution in [0.1, 0.15) is 29.4 Å². The molecule has 0 aromatic carbocycles. The number of ether oxygens (including phenoxy) is 1. The first kappa shape index (κ1) is 13.9. The van der Waals surface area contributed by atoms with Crippen molar-refractivity contribution in [3.8, 4) is 0 Å². The van der Waals surface area contributed by atoms with E-state index in [4.69, 9.17) is 10.5 Å². The zero-order valence-corrected chi connectivity index (χ0v) is 12.7. The van der Waals surface area contributed by atoms with Crippen LogP contribution >= 0.6 is 10.0 Å². The van der Waals surface area contributed by atoms with Gasteiger partial charge in [0.2, 0.25) is 0 Å². The summed E-state index contributed by atoms with van der Waals surface area (Å²) in [6.45, 7) is 3.48. The topological polar surface area (TPSA) is 53.1 Å². The van der Waals surface area contributed by atoms with E-state index < -0.39 is 10.0 Å². The third-order valence-electron chi connectivity index (χ3n) is 3.47. The van der Waals surface area contributed by atoms with Crippen molar-refractivity contribution in [2.75, 3.05) is 31.1 Å². The first-order valence-electron chi connectivity index (χ1n) is 6.44. The monoisotopic (exact) mass is 271 g/mol. The highest BCUT2D eigenvalue weighted by molar-refractivity contribution is 8.32. The van der Waals surface area contributed by atoms with E-state index in [1.165, 1.54) is 11.3 Å². The molecule has 0 amide bonds. The van der Waals surface area contributed by atoms with Gasteiger partial charge in [0.15, 0.2) is 0 Å². The molecule has 0 radical (unpaired) electrons. The first-order valence-corrected chi connectivity index (χ1v) is 9.46. The Morgan fingerprint density at radius 2 is 2.17 bits per heavy atom. The molecule has 2 rings (SSSR count). The second-order valence-corrected chi connectivity index (χ2v) is 10.5. The Hall–Kier alpha value is -0.520. The average molecular weight is 271 g/mol. The summed E-state index contributed by atoms with van der Waals surface area (Å²) in [5, 5.41) is 4.58. The summed E-state index contributed by atoms with van der Waals surface area (Å²) >= 11 is 0. The van der Waals surface area contributed by atoms with Crippen LogP contribution in [0.4, 0.5) is 0 Å². The summed E-state index contributed by atoms with van der Waals surface area (Å²) < 4.78 is 7.69. The van der Waals surface area contributed by atoms with Gasteiger partial charge < -0.3 is 10.5 Å². The maximum absolute atomic E-state index is 6.03. The Kier molecular flexibility index (Phi) is 4.04. The standard InChI is InChI=1S/C13H25N3OS/c1-10-11-5-6-12(14)13(11)15-16(10)9-17-7-8-18(2,3)4/h12H,5-9,14H2,1-4H3/t12-/m1/s1. The molecule has 1 aromatic rings. The fraction of sp³-hybridized carbons (Fsp3) is 0.769. The molecule has 0 saturated carbocycles. The molecule has 0 spiro atoms. The molecule has 1 aromatic heterocycles. The van der Waals surface area contributed by atoms with Gasteiger partial charge in [-0.3, -0.25) is 0 Å². The van der Waals surface area contributed by atoms with Gasteiger partial charge in [-0.05, 0) is 44.1 Å². The summed E-state index contributed by atoms with van der Waals surface area (Å²) in [7, 11) is -0.469. The third kappa shape index (κ3) is 3.08. The van der Waals surface area contributed by atoms with Gasteiger partial charge in [0.1, 0.15) is 6.73 Å². The lowest BCUT2D eigenvalue weighted by molar-refractivity contribution is 0.0789. The lowest BCUT2D eigenvalue weighted by Crippen LogP contribution is -2.13. The number of nitrogens with two attached hydrogens (primary N) is 1. The molecule has 5 heteroatoms. The largest absolute Gasteiger partial charge is 0.358 e. The van der Waals surface area contributed by atoms with Crippen LogP contribution in [-0.2, 0) is 17.9 Å².